The van der Waals surface area contributed by atoms with E-state index >= 15 is 0 Å². The van der Waals surface area contributed by atoms with Gasteiger partial charge in [0.2, 0.25) is 5.91 Å². The minimum absolute atomic E-state index is 0.0170. The van der Waals surface area contributed by atoms with Crippen molar-refractivity contribution in [1.82, 2.24) is 5.32 Å². The molecule has 1 aromatic carbocycles. The molecule has 0 aromatic heterocycles. The largest absolute Gasteiger partial charge is 0.496 e. The molecule has 2 rings (SSSR count). The molecule has 132 valence electrons. The summed E-state index contributed by atoms with van der Waals surface area (Å²) < 4.78 is 10.6. The minimum atomic E-state index is -0.915. The third-order valence-corrected chi connectivity index (χ3v) is 4.69. The van der Waals surface area contributed by atoms with Gasteiger partial charge in [-0.05, 0) is 30.4 Å². The van der Waals surface area contributed by atoms with E-state index in [0.717, 1.165) is 11.3 Å². The first-order valence-corrected chi connectivity index (χ1v) is 8.19. The van der Waals surface area contributed by atoms with Crippen LogP contribution in [0.2, 0.25) is 0 Å². The van der Waals surface area contributed by atoms with Gasteiger partial charge >= 0.3 is 5.97 Å². The predicted molar refractivity (Wildman–Crippen MR) is 89.2 cm³/mol. The number of methoxy groups -OCH3 is 1. The Kier molecular flexibility index (Phi) is 6.20. The number of carboxylic acid groups (broad SMARTS) is 1. The van der Waals surface area contributed by atoms with Gasteiger partial charge in [-0.3, -0.25) is 9.59 Å². The molecule has 6 heteroatoms. The Morgan fingerprint density at radius 3 is 2.62 bits per heavy atom. The topological polar surface area (TPSA) is 84.9 Å². The van der Waals surface area contributed by atoms with Crippen LogP contribution < -0.4 is 10.1 Å². The molecule has 0 bridgehead atoms. The molecule has 6 nitrogen and oxygen atoms in total. The summed E-state index contributed by atoms with van der Waals surface area (Å²) in [7, 11) is 1.60. The molecule has 0 saturated carbocycles. The summed E-state index contributed by atoms with van der Waals surface area (Å²) in [6, 6.07) is 7.60. The molecular weight excluding hydrogens is 310 g/mol. The fraction of sp³-hybridized carbons (Fsp3) is 0.556. The molecule has 1 unspecified atom stereocenters. The van der Waals surface area contributed by atoms with Gasteiger partial charge in [0.1, 0.15) is 5.75 Å². The fourth-order valence-corrected chi connectivity index (χ4v) is 3.03. The minimum Gasteiger partial charge on any atom is -0.496 e. The van der Waals surface area contributed by atoms with E-state index in [2.05, 4.69) is 5.32 Å². The van der Waals surface area contributed by atoms with Crippen molar-refractivity contribution in [2.75, 3.05) is 26.9 Å². The number of benzene rings is 1. The van der Waals surface area contributed by atoms with E-state index in [9.17, 15) is 14.7 Å². The van der Waals surface area contributed by atoms with E-state index in [1.54, 1.807) is 7.11 Å². The second kappa shape index (κ2) is 8.15. The van der Waals surface area contributed by atoms with Crippen molar-refractivity contribution in [3.05, 3.63) is 29.8 Å². The van der Waals surface area contributed by atoms with Crippen molar-refractivity contribution in [1.29, 1.82) is 0 Å². The summed E-state index contributed by atoms with van der Waals surface area (Å²) in [5.74, 6) is -0.287. The highest BCUT2D eigenvalue weighted by Crippen LogP contribution is 2.31. The quantitative estimate of drug-likeness (QED) is 0.798. The molecule has 0 spiro atoms. The number of carboxylic acids is 1. The lowest BCUT2D eigenvalue weighted by Gasteiger charge is -2.33. The second-order valence-electron chi connectivity index (χ2n) is 6.32. The molecular formula is C18H25NO5. The number of rotatable bonds is 7. The van der Waals surface area contributed by atoms with Crippen molar-refractivity contribution >= 4 is 11.9 Å². The lowest BCUT2D eigenvalue weighted by Crippen LogP contribution is -2.46. The molecule has 1 aliphatic heterocycles. The van der Waals surface area contributed by atoms with Crippen molar-refractivity contribution in [2.24, 2.45) is 5.41 Å². The van der Waals surface area contributed by atoms with Gasteiger partial charge in [-0.25, -0.2) is 0 Å². The molecule has 1 aliphatic rings. The van der Waals surface area contributed by atoms with Crippen molar-refractivity contribution in [2.45, 2.75) is 32.1 Å². The van der Waals surface area contributed by atoms with Crippen LogP contribution >= 0.6 is 0 Å². The average molecular weight is 335 g/mol. The third kappa shape index (κ3) is 4.26. The Hall–Kier alpha value is -2.08. The number of carbonyl (C=O) groups is 2. The van der Waals surface area contributed by atoms with Crippen molar-refractivity contribution in [3.63, 3.8) is 0 Å². The van der Waals surface area contributed by atoms with Crippen LogP contribution in [0.4, 0.5) is 0 Å². The monoisotopic (exact) mass is 335 g/mol. The van der Waals surface area contributed by atoms with E-state index in [1.807, 2.05) is 31.2 Å². The number of hydrogen-bond acceptors (Lipinski definition) is 4. The lowest BCUT2D eigenvalue weighted by atomic mass is 9.80. The third-order valence-electron chi connectivity index (χ3n) is 4.69. The first-order chi connectivity index (χ1) is 11.5. The lowest BCUT2D eigenvalue weighted by molar-refractivity contribution is -0.154. The Bertz CT molecular complexity index is 581. The highest BCUT2D eigenvalue weighted by atomic mass is 16.5. The number of amides is 1. The molecule has 1 amide bonds. The summed E-state index contributed by atoms with van der Waals surface area (Å²) in [6.07, 6.45) is 1.13. The standard InChI is InChI=1S/C18H25NO5/c1-13(14-5-3-4-6-15(14)23-2)11-16(20)19-12-18(17(21)22)7-9-24-10-8-18/h3-6,13H,7-12H2,1-2H3,(H,19,20)(H,21,22). The van der Waals surface area contributed by atoms with Gasteiger partial charge in [0.05, 0.1) is 12.5 Å². The van der Waals surface area contributed by atoms with E-state index in [-0.39, 0.29) is 24.8 Å². The average Bonchev–Trinajstić information content (AvgIpc) is 2.60. The molecule has 2 N–H and O–H groups in total. The van der Waals surface area contributed by atoms with Gasteiger partial charge in [0.15, 0.2) is 0 Å². The molecule has 1 aromatic rings. The second-order valence-corrected chi connectivity index (χ2v) is 6.32. The van der Waals surface area contributed by atoms with Crippen LogP contribution in [0.1, 0.15) is 37.7 Å². The van der Waals surface area contributed by atoms with E-state index in [1.165, 1.54) is 0 Å². The van der Waals surface area contributed by atoms with E-state index in [0.29, 0.717) is 26.1 Å². The van der Waals surface area contributed by atoms with Gasteiger partial charge in [-0.2, -0.15) is 0 Å². The summed E-state index contributed by atoms with van der Waals surface area (Å²) in [6.45, 7) is 2.93. The molecule has 1 heterocycles. The first-order valence-electron chi connectivity index (χ1n) is 8.19. The summed E-state index contributed by atoms with van der Waals surface area (Å²) in [5.41, 5.74) is 0.0517. The Labute approximate surface area is 142 Å². The maximum Gasteiger partial charge on any atom is 0.311 e. The van der Waals surface area contributed by atoms with Crippen molar-refractivity contribution in [3.8, 4) is 5.75 Å². The van der Waals surface area contributed by atoms with Crippen LogP contribution in [0.15, 0.2) is 24.3 Å². The maximum atomic E-state index is 12.3. The molecule has 1 saturated heterocycles. The van der Waals surface area contributed by atoms with Gasteiger partial charge in [0, 0.05) is 26.2 Å². The number of aliphatic carboxylic acids is 1. The van der Waals surface area contributed by atoms with Crippen LogP contribution in [0.5, 0.6) is 5.75 Å². The van der Waals surface area contributed by atoms with Crippen molar-refractivity contribution < 1.29 is 24.2 Å². The van der Waals surface area contributed by atoms with Crippen LogP contribution in [-0.2, 0) is 14.3 Å². The number of ether oxygens (including phenoxy) is 2. The normalized spacial score (nSPS) is 17.8. The van der Waals surface area contributed by atoms with E-state index < -0.39 is 11.4 Å². The fourth-order valence-electron chi connectivity index (χ4n) is 3.03. The molecule has 0 radical (unpaired) electrons. The molecule has 24 heavy (non-hydrogen) atoms. The van der Waals surface area contributed by atoms with Crippen LogP contribution in [0, 0.1) is 5.41 Å². The number of para-hydroxylation sites is 1. The van der Waals surface area contributed by atoms with Gasteiger partial charge < -0.3 is 19.9 Å². The van der Waals surface area contributed by atoms with Crippen LogP contribution in [0.25, 0.3) is 0 Å². The summed E-state index contributed by atoms with van der Waals surface area (Å²) in [4.78, 5) is 23.9. The van der Waals surface area contributed by atoms with Gasteiger partial charge in [0.25, 0.3) is 0 Å². The van der Waals surface area contributed by atoms with Crippen LogP contribution in [0.3, 0.4) is 0 Å². The molecule has 0 aliphatic carbocycles. The smallest absolute Gasteiger partial charge is 0.311 e. The number of hydrogen-bond donors (Lipinski definition) is 2. The zero-order valence-corrected chi connectivity index (χ0v) is 14.2. The number of carbonyl (C=O) groups excluding carboxylic acids is 1. The zero-order valence-electron chi connectivity index (χ0n) is 14.2. The summed E-state index contributed by atoms with van der Waals surface area (Å²) in [5, 5.41) is 12.3. The molecule has 1 fully saturated rings. The highest BCUT2D eigenvalue weighted by Gasteiger charge is 2.40. The zero-order chi connectivity index (χ0) is 17.6. The van der Waals surface area contributed by atoms with E-state index in [4.69, 9.17) is 9.47 Å². The summed E-state index contributed by atoms with van der Waals surface area (Å²) >= 11 is 0. The highest BCUT2D eigenvalue weighted by molar-refractivity contribution is 5.79. The Morgan fingerprint density at radius 2 is 2.00 bits per heavy atom. The van der Waals surface area contributed by atoms with Gasteiger partial charge in [-0.15, -0.1) is 0 Å². The molecule has 1 atom stereocenters. The van der Waals surface area contributed by atoms with Crippen LogP contribution in [-0.4, -0.2) is 43.9 Å². The SMILES string of the molecule is COc1ccccc1C(C)CC(=O)NCC1(C(=O)O)CCOCC1. The van der Waals surface area contributed by atoms with Gasteiger partial charge in [-0.1, -0.05) is 25.1 Å². The first kappa shape index (κ1) is 18.3. The predicted octanol–water partition coefficient (Wildman–Crippen LogP) is 2.19. The Balaban J connectivity index is 1.94. The Morgan fingerprint density at radius 1 is 1.33 bits per heavy atom. The number of nitrogens with one attached hydrogen (secondary N) is 1. The maximum absolute atomic E-state index is 12.3.